The molecule has 2 amide bonds. The maximum Gasteiger partial charge on any atom is 0.246 e. The van der Waals surface area contributed by atoms with Crippen LogP contribution in [0.2, 0.25) is 0 Å². The van der Waals surface area contributed by atoms with E-state index in [1.165, 1.54) is 6.42 Å². The number of piperidine rings is 2. The van der Waals surface area contributed by atoms with Crippen LogP contribution in [0.1, 0.15) is 44.6 Å². The highest BCUT2D eigenvalue weighted by atomic mass is 16.2. The van der Waals surface area contributed by atoms with E-state index in [1.807, 2.05) is 41.3 Å². The first-order chi connectivity index (χ1) is 12.7. The Balaban J connectivity index is 1.48. The highest BCUT2D eigenvalue weighted by Crippen LogP contribution is 2.25. The molecule has 2 saturated heterocycles. The van der Waals surface area contributed by atoms with Gasteiger partial charge in [-0.15, -0.1) is 0 Å². The van der Waals surface area contributed by atoms with Crippen LogP contribution in [0.4, 0.5) is 0 Å². The number of amides is 2. The second kappa shape index (κ2) is 9.02. The van der Waals surface area contributed by atoms with Gasteiger partial charge in [-0.1, -0.05) is 43.7 Å². The van der Waals surface area contributed by atoms with Crippen LogP contribution in [0.15, 0.2) is 36.4 Å². The first kappa shape index (κ1) is 18.7. The monoisotopic (exact) mass is 354 g/mol. The van der Waals surface area contributed by atoms with E-state index in [0.717, 1.165) is 44.3 Å². The first-order valence-corrected chi connectivity index (χ1v) is 9.98. The quantitative estimate of drug-likeness (QED) is 0.776. The summed E-state index contributed by atoms with van der Waals surface area (Å²) in [6, 6.07) is 9.86. The minimum Gasteiger partial charge on any atom is -0.342 e. The summed E-state index contributed by atoms with van der Waals surface area (Å²) in [5.74, 6) is 1.11. The number of hydrogen-bond donors (Lipinski definition) is 0. The van der Waals surface area contributed by atoms with Crippen molar-refractivity contribution in [3.63, 3.8) is 0 Å². The van der Waals surface area contributed by atoms with Crippen LogP contribution in [0.3, 0.4) is 0 Å². The molecule has 140 valence electrons. The molecule has 3 rings (SSSR count). The van der Waals surface area contributed by atoms with Crippen molar-refractivity contribution in [3.8, 4) is 0 Å². The minimum absolute atomic E-state index is 0.0452. The molecule has 0 spiro atoms. The molecule has 1 aromatic carbocycles. The van der Waals surface area contributed by atoms with E-state index in [2.05, 4.69) is 11.8 Å². The molecule has 0 N–H and O–H groups in total. The van der Waals surface area contributed by atoms with E-state index in [4.69, 9.17) is 0 Å². The van der Waals surface area contributed by atoms with Gasteiger partial charge in [-0.05, 0) is 43.2 Å². The van der Waals surface area contributed by atoms with E-state index in [0.29, 0.717) is 24.9 Å². The Morgan fingerprint density at radius 1 is 1.04 bits per heavy atom. The zero-order valence-electron chi connectivity index (χ0n) is 15.8. The molecule has 0 aliphatic carbocycles. The van der Waals surface area contributed by atoms with Gasteiger partial charge >= 0.3 is 0 Å². The Bertz CT molecular complexity index is 633. The fourth-order valence-corrected chi connectivity index (χ4v) is 4.04. The Morgan fingerprint density at radius 2 is 1.77 bits per heavy atom. The molecule has 4 heteroatoms. The van der Waals surface area contributed by atoms with E-state index in [9.17, 15) is 9.59 Å². The molecular weight excluding hydrogens is 324 g/mol. The van der Waals surface area contributed by atoms with Crippen LogP contribution in [0, 0.1) is 11.8 Å². The summed E-state index contributed by atoms with van der Waals surface area (Å²) < 4.78 is 0. The lowest BCUT2D eigenvalue weighted by Crippen LogP contribution is -2.47. The summed E-state index contributed by atoms with van der Waals surface area (Å²) in [7, 11) is 0. The number of benzene rings is 1. The Hall–Kier alpha value is -2.10. The van der Waals surface area contributed by atoms with Crippen molar-refractivity contribution in [1.29, 1.82) is 0 Å². The summed E-state index contributed by atoms with van der Waals surface area (Å²) in [6.45, 7) is 5.41. The molecule has 2 aliphatic heterocycles. The SMILES string of the molecule is CCC1CCCN(C(=O)C2CCN(C(=O)/C=C/c3ccccc3)CC2)C1. The zero-order chi connectivity index (χ0) is 18.4. The summed E-state index contributed by atoms with van der Waals surface area (Å²) in [4.78, 5) is 29.1. The van der Waals surface area contributed by atoms with Crippen molar-refractivity contribution >= 4 is 17.9 Å². The number of nitrogens with zero attached hydrogens (tertiary/aromatic N) is 2. The lowest BCUT2D eigenvalue weighted by molar-refractivity contribution is -0.141. The molecule has 2 fully saturated rings. The van der Waals surface area contributed by atoms with Gasteiger partial charge in [0.1, 0.15) is 0 Å². The molecule has 26 heavy (non-hydrogen) atoms. The topological polar surface area (TPSA) is 40.6 Å². The third-order valence-electron chi connectivity index (χ3n) is 5.78. The number of rotatable bonds is 4. The van der Waals surface area contributed by atoms with E-state index in [1.54, 1.807) is 6.08 Å². The van der Waals surface area contributed by atoms with Crippen molar-refractivity contribution in [1.82, 2.24) is 9.80 Å². The molecule has 1 aromatic rings. The molecule has 2 heterocycles. The van der Waals surface area contributed by atoms with Crippen molar-refractivity contribution in [2.24, 2.45) is 11.8 Å². The smallest absolute Gasteiger partial charge is 0.246 e. The Morgan fingerprint density at radius 3 is 2.46 bits per heavy atom. The average Bonchev–Trinajstić information content (AvgIpc) is 2.72. The van der Waals surface area contributed by atoms with Gasteiger partial charge in [0, 0.05) is 38.2 Å². The normalized spacial score (nSPS) is 22.0. The molecule has 0 bridgehead atoms. The van der Waals surface area contributed by atoms with Crippen LogP contribution in [0.5, 0.6) is 0 Å². The lowest BCUT2D eigenvalue weighted by Gasteiger charge is -2.37. The number of likely N-dealkylation sites (tertiary alicyclic amines) is 2. The van der Waals surface area contributed by atoms with Gasteiger partial charge < -0.3 is 9.80 Å². The van der Waals surface area contributed by atoms with Gasteiger partial charge in [-0.2, -0.15) is 0 Å². The number of carbonyl (C=O) groups is 2. The maximum absolute atomic E-state index is 12.8. The molecule has 2 aliphatic rings. The fraction of sp³-hybridized carbons (Fsp3) is 0.545. The molecule has 0 saturated carbocycles. The van der Waals surface area contributed by atoms with Crippen LogP contribution in [-0.4, -0.2) is 47.8 Å². The number of carbonyl (C=O) groups excluding carboxylic acids is 2. The Kier molecular flexibility index (Phi) is 6.48. The van der Waals surface area contributed by atoms with Crippen molar-refractivity contribution < 1.29 is 9.59 Å². The van der Waals surface area contributed by atoms with Crippen molar-refractivity contribution in [2.45, 2.75) is 39.0 Å². The van der Waals surface area contributed by atoms with Gasteiger partial charge in [0.25, 0.3) is 0 Å². The van der Waals surface area contributed by atoms with Gasteiger partial charge in [-0.25, -0.2) is 0 Å². The molecule has 0 aromatic heterocycles. The second-order valence-corrected chi connectivity index (χ2v) is 7.54. The first-order valence-electron chi connectivity index (χ1n) is 9.98. The van der Waals surface area contributed by atoms with Gasteiger partial charge in [0.05, 0.1) is 0 Å². The fourth-order valence-electron chi connectivity index (χ4n) is 4.04. The van der Waals surface area contributed by atoms with Crippen LogP contribution in [-0.2, 0) is 9.59 Å². The molecular formula is C22H30N2O2. The summed E-state index contributed by atoms with van der Waals surface area (Å²) in [5.41, 5.74) is 1.03. The standard InChI is InChI=1S/C22H30N2O2/c1-2-18-9-6-14-24(17-18)22(26)20-12-15-23(16-13-20)21(25)11-10-19-7-4-3-5-8-19/h3-5,7-8,10-11,18,20H,2,6,9,12-17H2,1H3/b11-10+. The molecule has 4 nitrogen and oxygen atoms in total. The van der Waals surface area contributed by atoms with Crippen LogP contribution >= 0.6 is 0 Å². The molecule has 0 radical (unpaired) electrons. The predicted octanol–water partition coefficient (Wildman–Crippen LogP) is 3.59. The highest BCUT2D eigenvalue weighted by Gasteiger charge is 2.31. The largest absolute Gasteiger partial charge is 0.342 e. The third-order valence-corrected chi connectivity index (χ3v) is 5.78. The van der Waals surface area contributed by atoms with E-state index >= 15 is 0 Å². The van der Waals surface area contributed by atoms with Gasteiger partial charge in [0.2, 0.25) is 11.8 Å². The minimum atomic E-state index is 0.0452. The van der Waals surface area contributed by atoms with Crippen molar-refractivity contribution in [2.75, 3.05) is 26.2 Å². The molecule has 1 atom stereocenters. The Labute approximate surface area is 156 Å². The van der Waals surface area contributed by atoms with E-state index in [-0.39, 0.29) is 11.8 Å². The van der Waals surface area contributed by atoms with Crippen LogP contribution in [0.25, 0.3) is 6.08 Å². The van der Waals surface area contributed by atoms with Gasteiger partial charge in [-0.3, -0.25) is 9.59 Å². The highest BCUT2D eigenvalue weighted by molar-refractivity contribution is 5.92. The second-order valence-electron chi connectivity index (χ2n) is 7.54. The van der Waals surface area contributed by atoms with E-state index < -0.39 is 0 Å². The maximum atomic E-state index is 12.8. The number of hydrogen-bond acceptors (Lipinski definition) is 2. The summed E-state index contributed by atoms with van der Waals surface area (Å²) in [6.07, 6.45) is 8.62. The third kappa shape index (κ3) is 4.75. The van der Waals surface area contributed by atoms with Crippen LogP contribution < -0.4 is 0 Å². The van der Waals surface area contributed by atoms with Crippen molar-refractivity contribution in [3.05, 3.63) is 42.0 Å². The predicted molar refractivity (Wildman–Crippen MR) is 104 cm³/mol. The average molecular weight is 354 g/mol. The summed E-state index contributed by atoms with van der Waals surface area (Å²) >= 11 is 0. The zero-order valence-corrected chi connectivity index (χ0v) is 15.8. The summed E-state index contributed by atoms with van der Waals surface area (Å²) in [5, 5.41) is 0. The molecule has 1 unspecified atom stereocenters. The lowest BCUT2D eigenvalue weighted by atomic mass is 9.91. The van der Waals surface area contributed by atoms with Gasteiger partial charge in [0.15, 0.2) is 0 Å².